The minimum Gasteiger partial charge on any atom is -0.449 e. The van der Waals surface area contributed by atoms with E-state index in [2.05, 4.69) is 87.1 Å². The second-order valence-electron chi connectivity index (χ2n) is 7.63. The van der Waals surface area contributed by atoms with Gasteiger partial charge in [0.1, 0.15) is 12.8 Å². The molecule has 0 unspecified atom stereocenters. The van der Waals surface area contributed by atoms with Crippen LogP contribution in [0.5, 0.6) is 11.5 Å². The van der Waals surface area contributed by atoms with Crippen molar-refractivity contribution >= 4 is 21.5 Å². The van der Waals surface area contributed by atoms with E-state index in [9.17, 15) is 0 Å². The van der Waals surface area contributed by atoms with Crippen molar-refractivity contribution in [1.82, 2.24) is 0 Å². The van der Waals surface area contributed by atoms with Gasteiger partial charge in [-0.1, -0.05) is 44.2 Å². The molecule has 4 aromatic rings. The molecule has 26 heavy (non-hydrogen) atoms. The Morgan fingerprint density at radius 3 is 2.62 bits per heavy atom. The van der Waals surface area contributed by atoms with Gasteiger partial charge in [0.25, 0.3) is 5.69 Å². The summed E-state index contributed by atoms with van der Waals surface area (Å²) in [6.07, 6.45) is 2.23. The molecule has 3 aromatic carbocycles. The zero-order valence-corrected chi connectivity index (χ0v) is 15.6. The third-order valence-electron chi connectivity index (χ3n) is 5.55. The van der Waals surface area contributed by atoms with Crippen molar-refractivity contribution in [3.05, 3.63) is 65.9 Å². The molecule has 128 valence electrons. The number of ether oxygens (including phenoxy) is 1. The van der Waals surface area contributed by atoms with Crippen molar-refractivity contribution in [2.45, 2.75) is 26.7 Å². The standard InChI is InChI=1S/C24H22NO/c1-14(2)17-10-11-19-18(12-17)13-25(4)23-21-15(3)8-9-16-6-5-7-20(22(16)21)26-24(19)23/h5-14H,1-4H3/q+1. The summed E-state index contributed by atoms with van der Waals surface area (Å²) in [6.45, 7) is 6.65. The Balaban J connectivity index is 1.92. The molecule has 0 saturated carbocycles. The van der Waals surface area contributed by atoms with Crippen LogP contribution in [0.1, 0.15) is 30.9 Å². The zero-order chi connectivity index (χ0) is 18.0. The molecular weight excluding hydrogens is 318 g/mol. The summed E-state index contributed by atoms with van der Waals surface area (Å²) in [5.74, 6) is 2.43. The summed E-state index contributed by atoms with van der Waals surface area (Å²) in [6, 6.07) is 17.4. The normalized spacial score (nSPS) is 12.5. The van der Waals surface area contributed by atoms with Crippen LogP contribution in [0.2, 0.25) is 0 Å². The highest BCUT2D eigenvalue weighted by atomic mass is 16.5. The first-order valence-electron chi connectivity index (χ1n) is 9.21. The van der Waals surface area contributed by atoms with Gasteiger partial charge in [0, 0.05) is 16.2 Å². The van der Waals surface area contributed by atoms with Gasteiger partial charge in [-0.3, -0.25) is 0 Å². The van der Waals surface area contributed by atoms with Crippen LogP contribution in [0.25, 0.3) is 32.8 Å². The van der Waals surface area contributed by atoms with Gasteiger partial charge in [-0.15, -0.1) is 0 Å². The molecule has 0 atom stereocenters. The van der Waals surface area contributed by atoms with Crippen LogP contribution in [0.15, 0.2) is 54.7 Å². The fourth-order valence-corrected chi connectivity index (χ4v) is 4.16. The Morgan fingerprint density at radius 1 is 0.962 bits per heavy atom. The van der Waals surface area contributed by atoms with E-state index in [-0.39, 0.29) is 0 Å². The van der Waals surface area contributed by atoms with Crippen LogP contribution in [-0.2, 0) is 7.05 Å². The molecule has 1 aliphatic heterocycles. The molecule has 0 spiro atoms. The van der Waals surface area contributed by atoms with E-state index in [0.717, 1.165) is 17.2 Å². The van der Waals surface area contributed by atoms with Gasteiger partial charge in [0.2, 0.25) is 5.75 Å². The quantitative estimate of drug-likeness (QED) is 0.340. The smallest absolute Gasteiger partial charge is 0.257 e. The lowest BCUT2D eigenvalue weighted by molar-refractivity contribution is -0.659. The summed E-state index contributed by atoms with van der Waals surface area (Å²) >= 11 is 0. The number of pyridine rings is 1. The predicted octanol–water partition coefficient (Wildman–Crippen LogP) is 6.02. The molecule has 0 aliphatic carbocycles. The number of benzene rings is 3. The molecule has 2 nitrogen and oxygen atoms in total. The molecule has 0 radical (unpaired) electrons. The van der Waals surface area contributed by atoms with Crippen LogP contribution >= 0.6 is 0 Å². The topological polar surface area (TPSA) is 13.1 Å². The Morgan fingerprint density at radius 2 is 1.81 bits per heavy atom. The predicted molar refractivity (Wildman–Crippen MR) is 107 cm³/mol. The van der Waals surface area contributed by atoms with Gasteiger partial charge in [0.15, 0.2) is 6.20 Å². The Hall–Kier alpha value is -2.87. The summed E-state index contributed by atoms with van der Waals surface area (Å²) in [7, 11) is 2.12. The van der Waals surface area contributed by atoms with E-state index in [1.54, 1.807) is 0 Å². The number of hydrogen-bond donors (Lipinski definition) is 0. The van der Waals surface area contributed by atoms with Crippen molar-refractivity contribution in [2.75, 3.05) is 0 Å². The number of rotatable bonds is 1. The number of aromatic nitrogens is 1. The Labute approximate surface area is 153 Å². The highest BCUT2D eigenvalue weighted by Crippen LogP contribution is 2.48. The van der Waals surface area contributed by atoms with Crippen molar-refractivity contribution in [2.24, 2.45) is 7.05 Å². The number of fused-ring (bicyclic) bond motifs is 4. The average molecular weight is 340 g/mol. The van der Waals surface area contributed by atoms with E-state index < -0.39 is 0 Å². The van der Waals surface area contributed by atoms with E-state index in [1.165, 1.54) is 38.2 Å². The Bertz CT molecular complexity index is 1200. The minimum absolute atomic E-state index is 0.512. The van der Waals surface area contributed by atoms with Gasteiger partial charge in [-0.2, -0.15) is 4.57 Å². The lowest BCUT2D eigenvalue weighted by Gasteiger charge is -2.22. The lowest BCUT2D eigenvalue weighted by Crippen LogP contribution is -2.32. The van der Waals surface area contributed by atoms with Crippen LogP contribution in [-0.4, -0.2) is 0 Å². The maximum Gasteiger partial charge on any atom is 0.257 e. The molecule has 0 saturated heterocycles. The third-order valence-corrected chi connectivity index (χ3v) is 5.55. The molecule has 1 aliphatic rings. The highest BCUT2D eigenvalue weighted by molar-refractivity contribution is 6.06. The zero-order valence-electron chi connectivity index (χ0n) is 15.6. The van der Waals surface area contributed by atoms with Crippen molar-refractivity contribution < 1.29 is 9.30 Å². The fraction of sp³-hybridized carbons (Fsp3) is 0.208. The number of nitrogens with zero attached hydrogens (tertiary/aromatic N) is 1. The van der Waals surface area contributed by atoms with Crippen LogP contribution in [0, 0.1) is 6.92 Å². The third kappa shape index (κ3) is 2.02. The van der Waals surface area contributed by atoms with Crippen LogP contribution in [0.4, 0.5) is 0 Å². The minimum atomic E-state index is 0.512. The molecule has 0 bridgehead atoms. The Kier molecular flexibility index (Phi) is 3.14. The monoisotopic (exact) mass is 340 g/mol. The summed E-state index contributed by atoms with van der Waals surface area (Å²) in [5.41, 5.74) is 5.09. The molecule has 1 aromatic heterocycles. The van der Waals surface area contributed by atoms with Gasteiger partial charge >= 0.3 is 0 Å². The number of hydrogen-bond acceptors (Lipinski definition) is 1. The first kappa shape index (κ1) is 15.4. The molecule has 0 amide bonds. The molecule has 2 heteroatoms. The van der Waals surface area contributed by atoms with Gasteiger partial charge in [0.05, 0.1) is 5.56 Å². The summed E-state index contributed by atoms with van der Waals surface area (Å²) in [4.78, 5) is 0. The first-order chi connectivity index (χ1) is 12.5. The van der Waals surface area contributed by atoms with Crippen LogP contribution < -0.4 is 9.30 Å². The van der Waals surface area contributed by atoms with Gasteiger partial charge in [-0.25, -0.2) is 0 Å². The molecule has 5 rings (SSSR count). The second-order valence-corrected chi connectivity index (χ2v) is 7.63. The summed E-state index contributed by atoms with van der Waals surface area (Å²) in [5, 5.41) is 4.84. The van der Waals surface area contributed by atoms with Crippen molar-refractivity contribution in [3.8, 4) is 22.8 Å². The fourth-order valence-electron chi connectivity index (χ4n) is 4.16. The van der Waals surface area contributed by atoms with E-state index in [1.807, 2.05) is 0 Å². The van der Waals surface area contributed by atoms with Gasteiger partial charge in [-0.05, 0) is 47.6 Å². The van der Waals surface area contributed by atoms with Crippen molar-refractivity contribution in [3.63, 3.8) is 0 Å². The molecule has 0 N–H and O–H groups in total. The lowest BCUT2D eigenvalue weighted by atomic mass is 9.92. The van der Waals surface area contributed by atoms with Crippen molar-refractivity contribution in [1.29, 1.82) is 0 Å². The maximum atomic E-state index is 6.48. The first-order valence-corrected chi connectivity index (χ1v) is 9.21. The number of aryl methyl sites for hydroxylation is 2. The largest absolute Gasteiger partial charge is 0.449 e. The SMILES string of the molecule is Cc1ccc2cccc3c2c1-c1c(c2ccc(C(C)C)cc2c[n+]1C)O3. The van der Waals surface area contributed by atoms with Gasteiger partial charge < -0.3 is 4.74 Å². The molecule has 2 heterocycles. The summed E-state index contributed by atoms with van der Waals surface area (Å²) < 4.78 is 8.70. The average Bonchev–Trinajstić information content (AvgIpc) is 2.63. The molecule has 0 fully saturated rings. The highest BCUT2D eigenvalue weighted by Gasteiger charge is 2.31. The van der Waals surface area contributed by atoms with E-state index in [0.29, 0.717) is 5.92 Å². The maximum absolute atomic E-state index is 6.48. The van der Waals surface area contributed by atoms with E-state index in [4.69, 9.17) is 4.74 Å². The van der Waals surface area contributed by atoms with Crippen LogP contribution in [0.3, 0.4) is 0 Å². The second kappa shape index (κ2) is 5.31. The molecular formula is C24H22NO+. The van der Waals surface area contributed by atoms with E-state index >= 15 is 0 Å².